The van der Waals surface area contributed by atoms with Crippen LogP contribution in [-0.4, -0.2) is 6.54 Å². The molecule has 1 fully saturated rings. The van der Waals surface area contributed by atoms with E-state index in [-0.39, 0.29) is 11.5 Å². The van der Waals surface area contributed by atoms with Gasteiger partial charge in [0.2, 0.25) is 0 Å². The van der Waals surface area contributed by atoms with Crippen molar-refractivity contribution in [3.63, 3.8) is 0 Å². The highest BCUT2D eigenvalue weighted by molar-refractivity contribution is 5.39. The minimum absolute atomic E-state index is 0.108. The third-order valence-electron chi connectivity index (χ3n) is 4.18. The summed E-state index contributed by atoms with van der Waals surface area (Å²) in [6.07, 6.45) is 2.36. The van der Waals surface area contributed by atoms with Crippen LogP contribution in [-0.2, 0) is 0 Å². The first-order valence-corrected chi connectivity index (χ1v) is 6.03. The second-order valence-electron chi connectivity index (χ2n) is 5.34. The Morgan fingerprint density at radius 3 is 2.19 bits per heavy atom. The zero-order valence-electron chi connectivity index (χ0n) is 10.5. The molecule has 1 aliphatic carbocycles. The van der Waals surface area contributed by atoms with Gasteiger partial charge < -0.3 is 11.5 Å². The minimum Gasteiger partial charge on any atom is -0.330 e. The fourth-order valence-corrected chi connectivity index (χ4v) is 2.45. The molecule has 0 heterocycles. The number of rotatable bonds is 3. The lowest BCUT2D eigenvalue weighted by atomic mass is 9.86. The maximum Gasteiger partial charge on any atom is 0.0367 e. The van der Waals surface area contributed by atoms with E-state index >= 15 is 0 Å². The van der Waals surface area contributed by atoms with Crippen LogP contribution in [0.4, 0.5) is 0 Å². The molecule has 1 aliphatic rings. The van der Waals surface area contributed by atoms with Gasteiger partial charge in [0.1, 0.15) is 0 Å². The molecule has 1 unspecified atom stereocenters. The van der Waals surface area contributed by atoms with Crippen molar-refractivity contribution in [1.82, 2.24) is 0 Å². The van der Waals surface area contributed by atoms with Crippen molar-refractivity contribution in [1.29, 1.82) is 0 Å². The van der Waals surface area contributed by atoms with E-state index in [4.69, 9.17) is 11.5 Å². The monoisotopic (exact) mass is 218 g/mol. The Morgan fingerprint density at radius 1 is 1.12 bits per heavy atom. The molecule has 0 saturated heterocycles. The Hall–Kier alpha value is -0.860. The first kappa shape index (κ1) is 11.6. The lowest BCUT2D eigenvalue weighted by Crippen LogP contribution is -2.30. The van der Waals surface area contributed by atoms with Crippen LogP contribution in [0.25, 0.3) is 0 Å². The normalized spacial score (nSPS) is 19.6. The van der Waals surface area contributed by atoms with Crippen molar-refractivity contribution in [3.05, 3.63) is 34.4 Å². The molecule has 1 saturated carbocycles. The predicted molar refractivity (Wildman–Crippen MR) is 68.3 cm³/mol. The van der Waals surface area contributed by atoms with Gasteiger partial charge in [0.05, 0.1) is 0 Å². The topological polar surface area (TPSA) is 52.0 Å². The Kier molecular flexibility index (Phi) is 2.81. The number of aryl methyl sites for hydroxylation is 3. The van der Waals surface area contributed by atoms with Gasteiger partial charge in [-0.3, -0.25) is 0 Å². The minimum atomic E-state index is 0.108. The van der Waals surface area contributed by atoms with Gasteiger partial charge in [-0.2, -0.15) is 0 Å². The third kappa shape index (κ3) is 1.76. The zero-order valence-corrected chi connectivity index (χ0v) is 10.5. The summed E-state index contributed by atoms with van der Waals surface area (Å²) in [6, 6.07) is 4.58. The Bertz CT molecular complexity index is 405. The molecule has 88 valence electrons. The van der Waals surface area contributed by atoms with Gasteiger partial charge in [0.15, 0.2) is 0 Å². The molecule has 2 heteroatoms. The second-order valence-corrected chi connectivity index (χ2v) is 5.34. The van der Waals surface area contributed by atoms with Crippen LogP contribution < -0.4 is 11.5 Å². The van der Waals surface area contributed by atoms with Crippen LogP contribution in [0.15, 0.2) is 12.1 Å². The SMILES string of the molecule is Cc1cc(C)c(C(N)C2(CN)CC2)cc1C. The van der Waals surface area contributed by atoms with Crippen molar-refractivity contribution < 1.29 is 0 Å². The van der Waals surface area contributed by atoms with E-state index < -0.39 is 0 Å². The molecule has 0 radical (unpaired) electrons. The highest BCUT2D eigenvalue weighted by Crippen LogP contribution is 2.53. The summed E-state index contributed by atoms with van der Waals surface area (Å²) in [7, 11) is 0. The Balaban J connectivity index is 2.37. The van der Waals surface area contributed by atoms with Gasteiger partial charge in [-0.15, -0.1) is 0 Å². The summed E-state index contributed by atoms with van der Waals surface area (Å²) in [4.78, 5) is 0. The van der Waals surface area contributed by atoms with Crippen LogP contribution in [0, 0.1) is 26.2 Å². The van der Waals surface area contributed by atoms with E-state index in [1.54, 1.807) is 0 Å². The first-order chi connectivity index (χ1) is 7.50. The summed E-state index contributed by atoms with van der Waals surface area (Å²) in [5, 5.41) is 0. The number of benzene rings is 1. The summed E-state index contributed by atoms with van der Waals surface area (Å²) >= 11 is 0. The summed E-state index contributed by atoms with van der Waals surface area (Å²) in [5.41, 5.74) is 17.7. The molecule has 1 aromatic rings. The third-order valence-corrected chi connectivity index (χ3v) is 4.18. The molecule has 2 rings (SSSR count). The zero-order chi connectivity index (χ0) is 11.9. The van der Waals surface area contributed by atoms with E-state index in [2.05, 4.69) is 32.9 Å². The first-order valence-electron chi connectivity index (χ1n) is 6.03. The van der Waals surface area contributed by atoms with Gasteiger partial charge in [-0.25, -0.2) is 0 Å². The van der Waals surface area contributed by atoms with Crippen molar-refractivity contribution in [3.8, 4) is 0 Å². The Labute approximate surface area is 98.0 Å². The maximum atomic E-state index is 6.39. The van der Waals surface area contributed by atoms with Gasteiger partial charge >= 0.3 is 0 Å². The molecule has 0 spiro atoms. The van der Waals surface area contributed by atoms with Crippen molar-refractivity contribution in [2.75, 3.05) is 6.54 Å². The van der Waals surface area contributed by atoms with E-state index in [1.807, 2.05) is 0 Å². The molecule has 0 aliphatic heterocycles. The smallest absolute Gasteiger partial charge is 0.0367 e. The summed E-state index contributed by atoms with van der Waals surface area (Å²) in [6.45, 7) is 7.15. The highest BCUT2D eigenvalue weighted by Gasteiger charge is 2.47. The Morgan fingerprint density at radius 2 is 1.69 bits per heavy atom. The van der Waals surface area contributed by atoms with Gasteiger partial charge in [0.25, 0.3) is 0 Å². The summed E-state index contributed by atoms with van der Waals surface area (Å²) < 4.78 is 0. The van der Waals surface area contributed by atoms with Crippen LogP contribution >= 0.6 is 0 Å². The number of hydrogen-bond donors (Lipinski definition) is 2. The van der Waals surface area contributed by atoms with E-state index in [0.717, 1.165) is 0 Å². The van der Waals surface area contributed by atoms with E-state index in [9.17, 15) is 0 Å². The van der Waals surface area contributed by atoms with Gasteiger partial charge in [0, 0.05) is 11.5 Å². The molecule has 2 nitrogen and oxygen atoms in total. The molecule has 16 heavy (non-hydrogen) atoms. The standard InChI is InChI=1S/C14H22N2/c1-9-6-11(3)12(7-10(9)2)13(16)14(8-15)4-5-14/h6-7,13H,4-5,8,15-16H2,1-3H3. The highest BCUT2D eigenvalue weighted by atomic mass is 14.8. The predicted octanol–water partition coefficient (Wildman–Crippen LogP) is 2.35. The molecule has 1 atom stereocenters. The van der Waals surface area contributed by atoms with Crippen molar-refractivity contribution in [2.24, 2.45) is 16.9 Å². The van der Waals surface area contributed by atoms with Crippen LogP contribution in [0.1, 0.15) is 41.1 Å². The van der Waals surface area contributed by atoms with Gasteiger partial charge in [-0.05, 0) is 62.4 Å². The molecule has 0 amide bonds. The molecule has 0 aromatic heterocycles. The van der Waals surface area contributed by atoms with E-state index in [1.165, 1.54) is 35.1 Å². The second kappa shape index (κ2) is 3.86. The van der Waals surface area contributed by atoms with Crippen molar-refractivity contribution in [2.45, 2.75) is 39.7 Å². The van der Waals surface area contributed by atoms with Gasteiger partial charge in [-0.1, -0.05) is 12.1 Å². The van der Waals surface area contributed by atoms with E-state index in [0.29, 0.717) is 6.54 Å². The fraction of sp³-hybridized carbons (Fsp3) is 0.571. The average Bonchev–Trinajstić information content (AvgIpc) is 3.03. The van der Waals surface area contributed by atoms with Crippen molar-refractivity contribution >= 4 is 0 Å². The molecule has 1 aromatic carbocycles. The average molecular weight is 218 g/mol. The molecule has 4 N–H and O–H groups in total. The summed E-state index contributed by atoms with van der Waals surface area (Å²) in [5.74, 6) is 0. The lowest BCUT2D eigenvalue weighted by molar-refractivity contribution is 0.417. The van der Waals surface area contributed by atoms with Crippen LogP contribution in [0.2, 0.25) is 0 Å². The lowest BCUT2D eigenvalue weighted by Gasteiger charge is -2.24. The fourth-order valence-electron chi connectivity index (χ4n) is 2.45. The number of hydrogen-bond acceptors (Lipinski definition) is 2. The molecular formula is C14H22N2. The largest absolute Gasteiger partial charge is 0.330 e. The van der Waals surface area contributed by atoms with Crippen LogP contribution in [0.3, 0.4) is 0 Å². The quantitative estimate of drug-likeness (QED) is 0.818. The maximum absolute atomic E-state index is 6.39. The molecule has 0 bridgehead atoms. The number of nitrogens with two attached hydrogens (primary N) is 2. The van der Waals surface area contributed by atoms with Crippen LogP contribution in [0.5, 0.6) is 0 Å². The molecular weight excluding hydrogens is 196 g/mol.